The minimum atomic E-state index is -0.735. The lowest BCUT2D eigenvalue weighted by Crippen LogP contribution is -2.47. The van der Waals surface area contributed by atoms with Gasteiger partial charge in [0.1, 0.15) is 12.2 Å². The predicted molar refractivity (Wildman–Crippen MR) is 158 cm³/mol. The fraction of sp³-hybridized carbons (Fsp3) is 0.969. The first-order valence-electron chi connectivity index (χ1n) is 16.4. The van der Waals surface area contributed by atoms with Crippen LogP contribution in [-0.4, -0.2) is 96.8 Å². The zero-order valence-electron chi connectivity index (χ0n) is 26.9. The van der Waals surface area contributed by atoms with E-state index in [0.29, 0.717) is 44.8 Å². The van der Waals surface area contributed by atoms with E-state index >= 15 is 0 Å². The van der Waals surface area contributed by atoms with Crippen molar-refractivity contribution >= 4 is 5.97 Å². The molecule has 0 aromatic rings. The SMILES string of the molecule is CC[C@H]1OC(=O)[C@H](C)[C@@H](O[C@H]2CC(C)C(CO)[C@H](C)O2)C[C@@H](O[C@@H]2OCCC[C@H]2O)[C@@H](C)C[C@@H](C)CNC[C@@H](O)[C@H]1C. The highest BCUT2D eigenvalue weighted by Gasteiger charge is 2.41. The summed E-state index contributed by atoms with van der Waals surface area (Å²) in [5.41, 5.74) is 0. The number of β-amino-alcohol motifs (C(OH)–C–C–N with tert-alkyl or cyclic N) is 1. The molecule has 0 aliphatic carbocycles. The van der Waals surface area contributed by atoms with Crippen LogP contribution < -0.4 is 5.32 Å². The summed E-state index contributed by atoms with van der Waals surface area (Å²) < 4.78 is 31.2. The molecule has 0 aromatic carbocycles. The smallest absolute Gasteiger partial charge is 0.311 e. The third kappa shape index (κ3) is 9.83. The van der Waals surface area contributed by atoms with Crippen LogP contribution in [0.5, 0.6) is 0 Å². The predicted octanol–water partition coefficient (Wildman–Crippen LogP) is 3.24. The number of rotatable bonds is 6. The third-order valence-corrected chi connectivity index (χ3v) is 9.86. The van der Waals surface area contributed by atoms with Crippen molar-refractivity contribution in [1.29, 1.82) is 0 Å². The highest BCUT2D eigenvalue weighted by molar-refractivity contribution is 5.73. The Morgan fingerprint density at radius 2 is 1.67 bits per heavy atom. The van der Waals surface area contributed by atoms with Crippen molar-refractivity contribution < 1.29 is 43.8 Å². The molecule has 2 unspecified atom stereocenters. The van der Waals surface area contributed by atoms with Crippen molar-refractivity contribution in [2.24, 2.45) is 35.5 Å². The number of aliphatic hydroxyl groups is 3. The molecule has 0 radical (unpaired) electrons. The number of carbonyl (C=O) groups excluding carboxylic acids is 1. The summed E-state index contributed by atoms with van der Waals surface area (Å²) >= 11 is 0. The highest BCUT2D eigenvalue weighted by Crippen LogP contribution is 2.35. The maximum atomic E-state index is 13.7. The summed E-state index contributed by atoms with van der Waals surface area (Å²) in [4.78, 5) is 13.7. The van der Waals surface area contributed by atoms with Crippen LogP contribution in [0.15, 0.2) is 0 Å². The van der Waals surface area contributed by atoms with Crippen LogP contribution in [-0.2, 0) is 28.5 Å². The molecule has 3 aliphatic rings. The molecule has 0 aromatic heterocycles. The van der Waals surface area contributed by atoms with Gasteiger partial charge in [-0.15, -0.1) is 0 Å². The molecule has 3 rings (SSSR count). The van der Waals surface area contributed by atoms with Crippen molar-refractivity contribution in [3.8, 4) is 0 Å². The van der Waals surface area contributed by atoms with E-state index in [-0.39, 0.29) is 48.5 Å². The molecular weight excluding hydrogens is 542 g/mol. The van der Waals surface area contributed by atoms with Crippen molar-refractivity contribution in [3.63, 3.8) is 0 Å². The van der Waals surface area contributed by atoms with Gasteiger partial charge in [0.2, 0.25) is 0 Å². The fourth-order valence-corrected chi connectivity index (χ4v) is 6.77. The molecule has 42 heavy (non-hydrogen) atoms. The number of hydrogen-bond acceptors (Lipinski definition) is 10. The lowest BCUT2D eigenvalue weighted by molar-refractivity contribution is -0.266. The molecule has 0 bridgehead atoms. The Labute approximate surface area is 253 Å². The van der Waals surface area contributed by atoms with Crippen LogP contribution in [0.1, 0.15) is 87.0 Å². The molecule has 3 heterocycles. The molecule has 3 saturated heterocycles. The first-order valence-corrected chi connectivity index (χ1v) is 16.4. The van der Waals surface area contributed by atoms with Gasteiger partial charge in [-0.2, -0.15) is 0 Å². The maximum absolute atomic E-state index is 13.7. The van der Waals surface area contributed by atoms with Gasteiger partial charge < -0.3 is 44.3 Å². The van der Waals surface area contributed by atoms with Crippen LogP contribution in [0.2, 0.25) is 0 Å². The zero-order chi connectivity index (χ0) is 31.0. The van der Waals surface area contributed by atoms with Gasteiger partial charge in [-0.25, -0.2) is 0 Å². The second-order valence-electron chi connectivity index (χ2n) is 13.4. The van der Waals surface area contributed by atoms with Crippen molar-refractivity contribution in [1.82, 2.24) is 5.32 Å². The first-order chi connectivity index (χ1) is 19.9. The van der Waals surface area contributed by atoms with E-state index < -0.39 is 42.9 Å². The Morgan fingerprint density at radius 1 is 0.929 bits per heavy atom. The fourth-order valence-electron chi connectivity index (χ4n) is 6.77. The highest BCUT2D eigenvalue weighted by atomic mass is 16.7. The van der Waals surface area contributed by atoms with Gasteiger partial charge in [0.25, 0.3) is 0 Å². The van der Waals surface area contributed by atoms with Crippen molar-refractivity contribution in [2.75, 3.05) is 26.3 Å². The van der Waals surface area contributed by atoms with Crippen LogP contribution in [0.25, 0.3) is 0 Å². The Balaban J connectivity index is 1.91. The summed E-state index contributed by atoms with van der Waals surface area (Å²) in [5.74, 6) is -0.685. The number of esters is 1. The lowest BCUT2D eigenvalue weighted by atomic mass is 9.85. The molecule has 3 aliphatic heterocycles. The summed E-state index contributed by atoms with van der Waals surface area (Å²) in [5, 5.41) is 34.8. The Morgan fingerprint density at radius 3 is 2.31 bits per heavy atom. The minimum Gasteiger partial charge on any atom is -0.462 e. The van der Waals surface area contributed by atoms with Crippen LogP contribution in [0, 0.1) is 35.5 Å². The number of cyclic esters (lactones) is 1. The minimum absolute atomic E-state index is 0.0227. The van der Waals surface area contributed by atoms with E-state index in [1.807, 2.05) is 27.7 Å². The third-order valence-electron chi connectivity index (χ3n) is 9.86. The van der Waals surface area contributed by atoms with E-state index in [1.54, 1.807) is 0 Å². The quantitative estimate of drug-likeness (QED) is 0.336. The molecule has 10 heteroatoms. The first kappa shape index (κ1) is 35.6. The van der Waals surface area contributed by atoms with E-state index in [0.717, 1.165) is 19.4 Å². The molecule has 246 valence electrons. The standard InChI is InChI=1S/C32H59NO9/c1-8-27-21(5)26(36)16-33-15-18(2)12-20(4)28(42-32-25(35)10-9-11-38-32)14-29(22(6)31(37)41-27)40-30-13-19(3)24(17-34)23(7)39-30/h18-30,32-36H,8-17H2,1-7H3/t18-,19?,20+,21-,22-,23+,24?,25-,26-,27-,28-,29+,30+,32+/m1/s1. The molecule has 14 atom stereocenters. The number of carbonyl (C=O) groups is 1. The Kier molecular flexibility index (Phi) is 14.4. The molecule has 4 N–H and O–H groups in total. The summed E-state index contributed by atoms with van der Waals surface area (Å²) in [6.45, 7) is 15.8. The zero-order valence-corrected chi connectivity index (χ0v) is 26.9. The van der Waals surface area contributed by atoms with E-state index in [4.69, 9.17) is 23.7 Å². The summed E-state index contributed by atoms with van der Waals surface area (Å²) in [6.07, 6.45) is -0.399. The monoisotopic (exact) mass is 601 g/mol. The number of aliphatic hydroxyl groups excluding tert-OH is 3. The molecule has 0 spiro atoms. The second kappa shape index (κ2) is 17.0. The largest absolute Gasteiger partial charge is 0.462 e. The molecular formula is C32H59NO9. The lowest BCUT2D eigenvalue weighted by Gasteiger charge is -2.41. The molecule has 10 nitrogen and oxygen atoms in total. The topological polar surface area (TPSA) is 136 Å². The van der Waals surface area contributed by atoms with E-state index in [9.17, 15) is 20.1 Å². The summed E-state index contributed by atoms with van der Waals surface area (Å²) in [6, 6.07) is 0. The van der Waals surface area contributed by atoms with Gasteiger partial charge in [0.15, 0.2) is 12.6 Å². The molecule has 3 fully saturated rings. The number of ether oxygens (including phenoxy) is 5. The van der Waals surface area contributed by atoms with Gasteiger partial charge in [-0.3, -0.25) is 4.79 Å². The normalized spacial score (nSPS) is 45.4. The molecule has 0 saturated carbocycles. The van der Waals surface area contributed by atoms with Gasteiger partial charge in [0.05, 0.1) is 30.3 Å². The van der Waals surface area contributed by atoms with Gasteiger partial charge in [0, 0.05) is 44.4 Å². The Hall–Kier alpha value is -0.850. The van der Waals surface area contributed by atoms with Crippen LogP contribution in [0.3, 0.4) is 0 Å². The maximum Gasteiger partial charge on any atom is 0.311 e. The van der Waals surface area contributed by atoms with E-state index in [1.165, 1.54) is 0 Å². The second-order valence-corrected chi connectivity index (χ2v) is 13.4. The van der Waals surface area contributed by atoms with Gasteiger partial charge >= 0.3 is 5.97 Å². The van der Waals surface area contributed by atoms with Crippen LogP contribution in [0.4, 0.5) is 0 Å². The van der Waals surface area contributed by atoms with Crippen LogP contribution >= 0.6 is 0 Å². The van der Waals surface area contributed by atoms with Crippen molar-refractivity contribution in [3.05, 3.63) is 0 Å². The average molecular weight is 602 g/mol. The van der Waals surface area contributed by atoms with Gasteiger partial charge in [-0.1, -0.05) is 34.6 Å². The average Bonchev–Trinajstić information content (AvgIpc) is 2.94. The molecule has 0 amide bonds. The van der Waals surface area contributed by atoms with Crippen molar-refractivity contribution in [2.45, 2.75) is 136 Å². The Bertz CT molecular complexity index is 790. The summed E-state index contributed by atoms with van der Waals surface area (Å²) in [7, 11) is 0. The van der Waals surface area contributed by atoms with Gasteiger partial charge in [-0.05, 0) is 63.8 Å². The van der Waals surface area contributed by atoms with E-state index in [2.05, 4.69) is 26.1 Å². The number of nitrogens with one attached hydrogen (secondary N) is 1. The number of hydrogen-bond donors (Lipinski definition) is 4.